The molecule has 88 valence electrons. The highest BCUT2D eigenvalue weighted by molar-refractivity contribution is 5.71. The van der Waals surface area contributed by atoms with Crippen LogP contribution in [0.1, 0.15) is 13.8 Å². The highest BCUT2D eigenvalue weighted by Crippen LogP contribution is 2.41. The number of carboxylic acid groups (broad SMARTS) is 1. The lowest BCUT2D eigenvalue weighted by Crippen LogP contribution is -2.38. The zero-order valence-corrected chi connectivity index (χ0v) is 8.41. The average Bonchev–Trinajstić information content (AvgIpc) is 2.45. The molecule has 6 heteroatoms. The van der Waals surface area contributed by atoms with Crippen LogP contribution in [0.5, 0.6) is 0 Å². The number of ether oxygens (including phenoxy) is 1. The third kappa shape index (κ3) is 2.42. The molecule has 15 heavy (non-hydrogen) atoms. The molecule has 0 bridgehead atoms. The van der Waals surface area contributed by atoms with Gasteiger partial charge in [0.15, 0.2) is 0 Å². The van der Waals surface area contributed by atoms with Crippen LogP contribution in [0, 0.1) is 17.8 Å². The second kappa shape index (κ2) is 4.00. The summed E-state index contributed by atoms with van der Waals surface area (Å²) in [5, 5.41) is 8.79. The molecule has 0 radical (unpaired) electrons. The molecule has 0 aromatic heterocycles. The van der Waals surface area contributed by atoms with Crippen molar-refractivity contribution in [3.63, 3.8) is 0 Å². The molecule has 0 aromatic rings. The van der Waals surface area contributed by atoms with Gasteiger partial charge in [-0.2, -0.15) is 13.2 Å². The summed E-state index contributed by atoms with van der Waals surface area (Å²) in [7, 11) is 0. The zero-order valence-electron chi connectivity index (χ0n) is 8.41. The van der Waals surface area contributed by atoms with E-state index in [9.17, 15) is 18.0 Å². The first-order chi connectivity index (χ1) is 6.75. The number of aliphatic carboxylic acids is 1. The number of rotatable bonds is 2. The maximum Gasteiger partial charge on any atom is 0.394 e. The van der Waals surface area contributed by atoms with Gasteiger partial charge in [0.2, 0.25) is 0 Å². The Morgan fingerprint density at radius 2 is 2.00 bits per heavy atom. The number of halogens is 3. The first-order valence-electron chi connectivity index (χ1n) is 4.66. The number of hydrogen-bond acceptors (Lipinski definition) is 2. The molecule has 3 atom stereocenters. The molecule has 0 unspecified atom stereocenters. The van der Waals surface area contributed by atoms with Crippen LogP contribution in [0.3, 0.4) is 0 Å². The molecule has 1 heterocycles. The average molecular weight is 226 g/mol. The van der Waals surface area contributed by atoms with E-state index < -0.39 is 36.7 Å². The van der Waals surface area contributed by atoms with Crippen molar-refractivity contribution >= 4 is 5.97 Å². The van der Waals surface area contributed by atoms with Crippen LogP contribution in [0.15, 0.2) is 0 Å². The Bertz CT molecular complexity index is 249. The van der Waals surface area contributed by atoms with Crippen LogP contribution in [-0.2, 0) is 9.53 Å². The van der Waals surface area contributed by atoms with Crippen molar-refractivity contribution in [3.05, 3.63) is 0 Å². The fourth-order valence-electron chi connectivity index (χ4n) is 1.87. The molecule has 1 saturated heterocycles. The largest absolute Gasteiger partial charge is 0.481 e. The van der Waals surface area contributed by atoms with E-state index in [4.69, 9.17) is 9.84 Å². The summed E-state index contributed by atoms with van der Waals surface area (Å²) in [5.74, 6) is -5.04. The normalized spacial score (nSPS) is 32.3. The quantitative estimate of drug-likeness (QED) is 0.782. The molecule has 0 aromatic carbocycles. The Kier molecular flexibility index (Phi) is 3.28. The van der Waals surface area contributed by atoms with E-state index in [1.165, 1.54) is 0 Å². The maximum absolute atomic E-state index is 12.5. The summed E-state index contributed by atoms with van der Waals surface area (Å²) < 4.78 is 42.3. The van der Waals surface area contributed by atoms with Gasteiger partial charge in [-0.3, -0.25) is 4.79 Å². The lowest BCUT2D eigenvalue weighted by molar-refractivity contribution is -0.190. The topological polar surface area (TPSA) is 46.5 Å². The molecule has 0 saturated carbocycles. The zero-order chi connectivity index (χ0) is 11.8. The van der Waals surface area contributed by atoms with Gasteiger partial charge in [0.05, 0.1) is 24.5 Å². The van der Waals surface area contributed by atoms with Crippen molar-refractivity contribution in [2.45, 2.75) is 26.1 Å². The van der Waals surface area contributed by atoms with Crippen LogP contribution in [0.2, 0.25) is 0 Å². The Morgan fingerprint density at radius 3 is 2.33 bits per heavy atom. The van der Waals surface area contributed by atoms with Crippen LogP contribution in [-0.4, -0.2) is 30.0 Å². The lowest BCUT2D eigenvalue weighted by atomic mass is 9.85. The summed E-state index contributed by atoms with van der Waals surface area (Å²) in [6.45, 7) is 2.75. The highest BCUT2D eigenvalue weighted by Gasteiger charge is 2.55. The van der Waals surface area contributed by atoms with E-state index in [2.05, 4.69) is 0 Å². The number of alkyl halides is 3. The molecule has 3 nitrogen and oxygen atoms in total. The molecular formula is C9H13F3O3. The second-order valence-corrected chi connectivity index (χ2v) is 4.05. The molecule has 1 aliphatic heterocycles. The van der Waals surface area contributed by atoms with E-state index in [-0.39, 0.29) is 5.92 Å². The number of hydrogen-bond donors (Lipinski definition) is 1. The summed E-state index contributed by atoms with van der Waals surface area (Å²) in [5.41, 5.74) is 0. The standard InChI is InChI=1S/C9H13F3O3/c1-4(2)7-6(8(13)14)5(3-15-7)9(10,11)12/h4-7H,3H2,1-2H3,(H,13,14)/t5-,6+,7-/m1/s1. The molecule has 1 rings (SSSR count). The second-order valence-electron chi connectivity index (χ2n) is 4.05. The number of carboxylic acids is 1. The predicted octanol–water partition coefficient (Wildman–Crippen LogP) is 1.92. The third-order valence-corrected chi connectivity index (χ3v) is 2.62. The Hall–Kier alpha value is -0.780. The summed E-state index contributed by atoms with van der Waals surface area (Å²) in [6, 6.07) is 0. The van der Waals surface area contributed by atoms with Gasteiger partial charge in [-0.25, -0.2) is 0 Å². The Morgan fingerprint density at radius 1 is 1.47 bits per heavy atom. The predicted molar refractivity (Wildman–Crippen MR) is 45.2 cm³/mol. The van der Waals surface area contributed by atoms with Crippen molar-refractivity contribution in [2.75, 3.05) is 6.61 Å². The fraction of sp³-hybridized carbons (Fsp3) is 0.889. The van der Waals surface area contributed by atoms with Gasteiger partial charge in [-0.1, -0.05) is 13.8 Å². The third-order valence-electron chi connectivity index (χ3n) is 2.62. The highest BCUT2D eigenvalue weighted by atomic mass is 19.4. The van der Waals surface area contributed by atoms with Crippen molar-refractivity contribution in [2.24, 2.45) is 17.8 Å². The van der Waals surface area contributed by atoms with E-state index in [1.54, 1.807) is 13.8 Å². The van der Waals surface area contributed by atoms with Gasteiger partial charge < -0.3 is 9.84 Å². The van der Waals surface area contributed by atoms with Crippen molar-refractivity contribution in [3.8, 4) is 0 Å². The van der Waals surface area contributed by atoms with Crippen LogP contribution in [0.25, 0.3) is 0 Å². The lowest BCUT2D eigenvalue weighted by Gasteiger charge is -2.22. The summed E-state index contributed by atoms with van der Waals surface area (Å²) >= 11 is 0. The van der Waals surface area contributed by atoms with Gasteiger partial charge in [-0.15, -0.1) is 0 Å². The summed E-state index contributed by atoms with van der Waals surface area (Å²) in [6.07, 6.45) is -5.36. The van der Waals surface area contributed by atoms with Gasteiger partial charge in [0.25, 0.3) is 0 Å². The molecule has 0 amide bonds. The Labute approximate surface area is 85.2 Å². The molecule has 1 N–H and O–H groups in total. The monoisotopic (exact) mass is 226 g/mol. The minimum absolute atomic E-state index is 0.238. The van der Waals surface area contributed by atoms with Gasteiger partial charge in [0.1, 0.15) is 0 Å². The minimum atomic E-state index is -4.51. The SMILES string of the molecule is CC(C)[C@H]1OC[C@@H](C(F)(F)F)[C@@H]1C(=O)O. The molecule has 1 aliphatic rings. The van der Waals surface area contributed by atoms with Crippen LogP contribution in [0.4, 0.5) is 13.2 Å². The Balaban J connectivity index is 2.90. The number of carbonyl (C=O) groups is 1. The van der Waals surface area contributed by atoms with Gasteiger partial charge >= 0.3 is 12.1 Å². The van der Waals surface area contributed by atoms with E-state index >= 15 is 0 Å². The van der Waals surface area contributed by atoms with Gasteiger partial charge in [-0.05, 0) is 5.92 Å². The van der Waals surface area contributed by atoms with E-state index in [1.807, 2.05) is 0 Å². The first-order valence-corrected chi connectivity index (χ1v) is 4.66. The minimum Gasteiger partial charge on any atom is -0.481 e. The fourth-order valence-corrected chi connectivity index (χ4v) is 1.87. The molecule has 0 spiro atoms. The first kappa shape index (κ1) is 12.3. The molecule has 0 aliphatic carbocycles. The van der Waals surface area contributed by atoms with Crippen molar-refractivity contribution < 1.29 is 27.8 Å². The van der Waals surface area contributed by atoms with Crippen molar-refractivity contribution in [1.29, 1.82) is 0 Å². The maximum atomic E-state index is 12.5. The smallest absolute Gasteiger partial charge is 0.394 e. The molecule has 1 fully saturated rings. The molecular weight excluding hydrogens is 213 g/mol. The van der Waals surface area contributed by atoms with E-state index in [0.29, 0.717) is 0 Å². The summed E-state index contributed by atoms with van der Waals surface area (Å²) in [4.78, 5) is 10.8. The van der Waals surface area contributed by atoms with Gasteiger partial charge in [0, 0.05) is 0 Å². The van der Waals surface area contributed by atoms with E-state index in [0.717, 1.165) is 0 Å². The van der Waals surface area contributed by atoms with Crippen LogP contribution < -0.4 is 0 Å². The van der Waals surface area contributed by atoms with Crippen molar-refractivity contribution in [1.82, 2.24) is 0 Å². The van der Waals surface area contributed by atoms with Crippen LogP contribution >= 0.6 is 0 Å².